The fourth-order valence-electron chi connectivity index (χ4n) is 2.25. The average molecular weight is 315 g/mol. The van der Waals surface area contributed by atoms with Crippen LogP contribution in [0.2, 0.25) is 0 Å². The molecule has 0 fully saturated rings. The van der Waals surface area contributed by atoms with E-state index in [1.807, 2.05) is 20.2 Å². The minimum atomic E-state index is -0.335. The van der Waals surface area contributed by atoms with Crippen molar-refractivity contribution >= 4 is 17.6 Å². The van der Waals surface area contributed by atoms with Crippen molar-refractivity contribution in [2.45, 2.75) is 19.9 Å². The number of hydrogen-bond donors (Lipinski definition) is 3. The zero-order valence-electron chi connectivity index (χ0n) is 13.7. The number of rotatable bonds is 4. The summed E-state index contributed by atoms with van der Waals surface area (Å²) in [5.41, 5.74) is 2.77. The molecule has 0 radical (unpaired) electrons. The normalized spacial score (nSPS) is 11.7. The van der Waals surface area contributed by atoms with Gasteiger partial charge in [0.2, 0.25) is 0 Å². The first kappa shape index (κ1) is 16.5. The minimum Gasteiger partial charge on any atom is -0.355 e. The summed E-state index contributed by atoms with van der Waals surface area (Å²) in [6, 6.07) is 4.70. The first-order valence-electron chi connectivity index (χ1n) is 7.30. The molecule has 23 heavy (non-hydrogen) atoms. The lowest BCUT2D eigenvalue weighted by Gasteiger charge is -2.15. The quantitative estimate of drug-likeness (QED) is 0.806. The second-order valence-corrected chi connectivity index (χ2v) is 5.32. The Morgan fingerprint density at radius 1 is 1.30 bits per heavy atom. The Labute approximate surface area is 135 Å². The zero-order chi connectivity index (χ0) is 17.0. The molecule has 2 aromatic rings. The monoisotopic (exact) mass is 315 g/mol. The Morgan fingerprint density at radius 2 is 2.04 bits per heavy atom. The molecule has 122 valence electrons. The molecule has 7 heteroatoms. The minimum absolute atomic E-state index is 0.175. The lowest BCUT2D eigenvalue weighted by molar-refractivity contribution is 0.0962. The van der Waals surface area contributed by atoms with Crippen LogP contribution in [-0.4, -0.2) is 28.8 Å². The average Bonchev–Trinajstić information content (AvgIpc) is 2.95. The number of aryl methyl sites for hydroxylation is 1. The Hall–Kier alpha value is -2.83. The van der Waals surface area contributed by atoms with Crippen molar-refractivity contribution in [2.75, 3.05) is 12.4 Å². The number of nitrogens with zero attached hydrogens (tertiary/aromatic N) is 2. The van der Waals surface area contributed by atoms with Gasteiger partial charge in [-0.3, -0.25) is 9.48 Å². The SMILES string of the molecule is CNC(=O)c1cccc(NC(=O)N[C@H](C)c2cnn(C)c2)c1C. The molecular formula is C16H21N5O2. The summed E-state index contributed by atoms with van der Waals surface area (Å²) < 4.78 is 1.68. The predicted molar refractivity (Wildman–Crippen MR) is 88.3 cm³/mol. The molecule has 0 spiro atoms. The van der Waals surface area contributed by atoms with Crippen LogP contribution in [0.4, 0.5) is 10.5 Å². The Kier molecular flexibility index (Phi) is 5.00. The Morgan fingerprint density at radius 3 is 2.65 bits per heavy atom. The van der Waals surface area contributed by atoms with Crippen LogP contribution in [0, 0.1) is 6.92 Å². The van der Waals surface area contributed by atoms with E-state index in [1.54, 1.807) is 43.0 Å². The van der Waals surface area contributed by atoms with Gasteiger partial charge in [0.05, 0.1) is 12.2 Å². The van der Waals surface area contributed by atoms with Crippen LogP contribution in [0.15, 0.2) is 30.6 Å². The second kappa shape index (κ2) is 6.95. The molecule has 1 heterocycles. The standard InChI is InChI=1S/C16H21N5O2/c1-10-13(15(22)17-3)6-5-7-14(10)20-16(23)19-11(2)12-8-18-21(4)9-12/h5-9,11H,1-4H3,(H,17,22)(H2,19,20,23)/t11-/m1/s1. The Bertz CT molecular complexity index is 723. The van der Waals surface area contributed by atoms with Gasteiger partial charge in [-0.15, -0.1) is 0 Å². The summed E-state index contributed by atoms with van der Waals surface area (Å²) >= 11 is 0. The van der Waals surface area contributed by atoms with Crippen molar-refractivity contribution < 1.29 is 9.59 Å². The highest BCUT2D eigenvalue weighted by Gasteiger charge is 2.14. The maximum atomic E-state index is 12.2. The molecule has 0 saturated carbocycles. The van der Waals surface area contributed by atoms with Gasteiger partial charge in [-0.25, -0.2) is 4.79 Å². The van der Waals surface area contributed by atoms with Crippen LogP contribution >= 0.6 is 0 Å². The largest absolute Gasteiger partial charge is 0.355 e. The molecule has 1 aromatic carbocycles. The van der Waals surface area contributed by atoms with E-state index in [2.05, 4.69) is 21.0 Å². The third-order valence-electron chi connectivity index (χ3n) is 3.63. The van der Waals surface area contributed by atoms with Gasteiger partial charge in [-0.05, 0) is 31.5 Å². The molecule has 3 N–H and O–H groups in total. The third kappa shape index (κ3) is 3.88. The lowest BCUT2D eigenvalue weighted by Crippen LogP contribution is -2.31. The highest BCUT2D eigenvalue weighted by atomic mass is 16.2. The van der Waals surface area contributed by atoms with Crippen LogP contribution in [0.3, 0.4) is 0 Å². The molecule has 0 aliphatic carbocycles. The molecule has 7 nitrogen and oxygen atoms in total. The topological polar surface area (TPSA) is 88.1 Å². The summed E-state index contributed by atoms with van der Waals surface area (Å²) in [5, 5.41) is 12.3. The number of nitrogens with one attached hydrogen (secondary N) is 3. The van der Waals surface area contributed by atoms with Gasteiger partial charge in [0.15, 0.2) is 0 Å². The third-order valence-corrected chi connectivity index (χ3v) is 3.63. The highest BCUT2D eigenvalue weighted by molar-refractivity contribution is 5.98. The maximum Gasteiger partial charge on any atom is 0.319 e. The van der Waals surface area contributed by atoms with Crippen molar-refractivity contribution in [3.8, 4) is 0 Å². The predicted octanol–water partition coefficient (Wildman–Crippen LogP) is 1.97. The maximum absolute atomic E-state index is 12.2. The van der Waals surface area contributed by atoms with Crippen molar-refractivity contribution in [3.63, 3.8) is 0 Å². The fourth-order valence-corrected chi connectivity index (χ4v) is 2.25. The molecule has 2 rings (SSSR count). The van der Waals surface area contributed by atoms with Crippen LogP contribution in [0.5, 0.6) is 0 Å². The van der Waals surface area contributed by atoms with Gasteiger partial charge in [-0.2, -0.15) is 5.10 Å². The van der Waals surface area contributed by atoms with Gasteiger partial charge in [0, 0.05) is 37.1 Å². The molecular weight excluding hydrogens is 294 g/mol. The van der Waals surface area contributed by atoms with Crippen molar-refractivity contribution in [2.24, 2.45) is 7.05 Å². The number of carbonyl (C=O) groups excluding carboxylic acids is 2. The van der Waals surface area contributed by atoms with Crippen LogP contribution in [-0.2, 0) is 7.05 Å². The van der Waals surface area contributed by atoms with Gasteiger partial charge in [0.1, 0.15) is 0 Å². The summed E-state index contributed by atoms with van der Waals surface area (Å²) in [4.78, 5) is 23.9. The molecule has 1 aromatic heterocycles. The van der Waals surface area contributed by atoms with E-state index in [0.29, 0.717) is 11.3 Å². The number of aromatic nitrogens is 2. The van der Waals surface area contributed by atoms with E-state index >= 15 is 0 Å². The molecule has 0 saturated heterocycles. The van der Waals surface area contributed by atoms with E-state index in [-0.39, 0.29) is 18.0 Å². The second-order valence-electron chi connectivity index (χ2n) is 5.32. The number of anilines is 1. The molecule has 0 aliphatic rings. The summed E-state index contributed by atoms with van der Waals surface area (Å²) in [6.07, 6.45) is 3.56. The van der Waals surface area contributed by atoms with Gasteiger partial charge in [0.25, 0.3) is 5.91 Å². The zero-order valence-corrected chi connectivity index (χ0v) is 13.7. The number of carbonyl (C=O) groups is 2. The van der Waals surface area contributed by atoms with Gasteiger partial charge < -0.3 is 16.0 Å². The molecule has 0 aliphatic heterocycles. The fraction of sp³-hybridized carbons (Fsp3) is 0.312. The molecule has 0 bridgehead atoms. The lowest BCUT2D eigenvalue weighted by atomic mass is 10.1. The summed E-state index contributed by atoms with van der Waals surface area (Å²) in [5.74, 6) is -0.185. The van der Waals surface area contributed by atoms with Crippen molar-refractivity contribution in [1.29, 1.82) is 0 Å². The first-order valence-corrected chi connectivity index (χ1v) is 7.30. The van der Waals surface area contributed by atoms with Crippen LogP contribution in [0.1, 0.15) is 34.5 Å². The highest BCUT2D eigenvalue weighted by Crippen LogP contribution is 2.19. The Balaban J connectivity index is 2.07. The van der Waals surface area contributed by atoms with E-state index in [0.717, 1.165) is 11.1 Å². The van der Waals surface area contributed by atoms with Crippen LogP contribution < -0.4 is 16.0 Å². The van der Waals surface area contributed by atoms with Gasteiger partial charge in [-0.1, -0.05) is 6.07 Å². The first-order chi connectivity index (χ1) is 10.9. The smallest absolute Gasteiger partial charge is 0.319 e. The van der Waals surface area contributed by atoms with E-state index < -0.39 is 0 Å². The number of benzene rings is 1. The summed E-state index contributed by atoms with van der Waals surface area (Å²) in [7, 11) is 3.40. The number of amides is 3. The number of urea groups is 1. The van der Waals surface area contributed by atoms with E-state index in [9.17, 15) is 9.59 Å². The molecule has 0 unspecified atom stereocenters. The van der Waals surface area contributed by atoms with Gasteiger partial charge >= 0.3 is 6.03 Å². The molecule has 3 amide bonds. The van der Waals surface area contributed by atoms with Crippen molar-refractivity contribution in [1.82, 2.24) is 20.4 Å². The molecule has 1 atom stereocenters. The number of hydrogen-bond acceptors (Lipinski definition) is 3. The van der Waals surface area contributed by atoms with E-state index in [1.165, 1.54) is 0 Å². The summed E-state index contributed by atoms with van der Waals surface area (Å²) in [6.45, 7) is 3.68. The van der Waals surface area contributed by atoms with Crippen molar-refractivity contribution in [3.05, 3.63) is 47.3 Å². The van der Waals surface area contributed by atoms with E-state index in [4.69, 9.17) is 0 Å². The van der Waals surface area contributed by atoms with Crippen LogP contribution in [0.25, 0.3) is 0 Å².